The Labute approximate surface area is 140 Å². The van der Waals surface area contributed by atoms with Crippen LogP contribution in [-0.2, 0) is 4.74 Å². The number of carbonyl (C=O) groups is 1. The van der Waals surface area contributed by atoms with Gasteiger partial charge in [-0.25, -0.2) is 9.36 Å². The van der Waals surface area contributed by atoms with Gasteiger partial charge in [0.2, 0.25) is 5.88 Å². The summed E-state index contributed by atoms with van der Waals surface area (Å²) in [7, 11) is 1.52. The Morgan fingerprint density at radius 2 is 2.04 bits per heavy atom. The largest absolute Gasteiger partial charge is 0.497 e. The van der Waals surface area contributed by atoms with E-state index in [2.05, 4.69) is 9.59 Å². The number of aromatic nitrogens is 3. The summed E-state index contributed by atoms with van der Waals surface area (Å²) in [4.78, 5) is 24.8. The summed E-state index contributed by atoms with van der Waals surface area (Å²) in [6.45, 7) is 1.78. The molecule has 0 radical (unpaired) electrons. The molecule has 0 bridgehead atoms. The number of pyridine rings is 1. The van der Waals surface area contributed by atoms with Crippen molar-refractivity contribution in [1.29, 1.82) is 0 Å². The lowest BCUT2D eigenvalue weighted by molar-refractivity contribution is 0.0524. The minimum atomic E-state index is -0.742. The SMILES string of the molecule is CCOC(=O)c1c(O)n(-c2ccc(OC)cc2)c(=O)c2nnsc12. The third kappa shape index (κ3) is 2.48. The first-order valence-electron chi connectivity index (χ1n) is 7.00. The van der Waals surface area contributed by atoms with E-state index in [0.29, 0.717) is 11.4 Å². The number of ether oxygens (including phenoxy) is 2. The number of esters is 1. The van der Waals surface area contributed by atoms with E-state index >= 15 is 0 Å². The number of carbonyl (C=O) groups excluding carboxylic acids is 1. The zero-order valence-corrected chi connectivity index (χ0v) is 13.7. The normalized spacial score (nSPS) is 10.8. The third-order valence-electron chi connectivity index (χ3n) is 3.37. The van der Waals surface area contributed by atoms with Crippen molar-refractivity contribution in [1.82, 2.24) is 14.2 Å². The van der Waals surface area contributed by atoms with Gasteiger partial charge in [0, 0.05) is 0 Å². The highest BCUT2D eigenvalue weighted by Crippen LogP contribution is 2.29. The number of rotatable bonds is 4. The minimum Gasteiger partial charge on any atom is -0.497 e. The maximum absolute atomic E-state index is 12.6. The molecule has 9 heteroatoms. The predicted octanol–water partition coefficient (Wildman–Crippen LogP) is 1.73. The van der Waals surface area contributed by atoms with Crippen molar-refractivity contribution >= 4 is 27.7 Å². The van der Waals surface area contributed by atoms with Crippen LogP contribution >= 0.6 is 11.5 Å². The van der Waals surface area contributed by atoms with Crippen LogP contribution in [-0.4, -0.2) is 38.9 Å². The van der Waals surface area contributed by atoms with Crippen LogP contribution in [0.1, 0.15) is 17.3 Å². The van der Waals surface area contributed by atoms with Crippen LogP contribution in [0.15, 0.2) is 29.1 Å². The number of hydrogen-bond acceptors (Lipinski definition) is 8. The monoisotopic (exact) mass is 347 g/mol. The molecule has 0 unspecified atom stereocenters. The highest BCUT2D eigenvalue weighted by atomic mass is 32.1. The van der Waals surface area contributed by atoms with Crippen molar-refractivity contribution in [3.05, 3.63) is 40.2 Å². The Morgan fingerprint density at radius 3 is 2.67 bits per heavy atom. The maximum atomic E-state index is 12.6. The van der Waals surface area contributed by atoms with E-state index in [1.54, 1.807) is 31.2 Å². The Morgan fingerprint density at radius 1 is 1.33 bits per heavy atom. The number of methoxy groups -OCH3 is 1. The van der Waals surface area contributed by atoms with E-state index in [1.165, 1.54) is 7.11 Å². The molecule has 0 saturated carbocycles. The van der Waals surface area contributed by atoms with Crippen LogP contribution in [0.3, 0.4) is 0 Å². The van der Waals surface area contributed by atoms with Crippen LogP contribution in [0.2, 0.25) is 0 Å². The highest BCUT2D eigenvalue weighted by Gasteiger charge is 2.26. The topological polar surface area (TPSA) is 104 Å². The Bertz CT molecular complexity index is 962. The molecule has 8 nitrogen and oxygen atoms in total. The molecule has 24 heavy (non-hydrogen) atoms. The summed E-state index contributed by atoms with van der Waals surface area (Å²) in [5, 5.41) is 14.3. The highest BCUT2D eigenvalue weighted by molar-refractivity contribution is 7.13. The third-order valence-corrected chi connectivity index (χ3v) is 4.11. The predicted molar refractivity (Wildman–Crippen MR) is 87.2 cm³/mol. The van der Waals surface area contributed by atoms with Gasteiger partial charge in [0.25, 0.3) is 5.56 Å². The molecular weight excluding hydrogens is 334 g/mol. The second-order valence-corrected chi connectivity index (χ2v) is 5.46. The zero-order chi connectivity index (χ0) is 17.3. The Hall–Kier alpha value is -2.94. The zero-order valence-electron chi connectivity index (χ0n) is 12.8. The summed E-state index contributed by atoms with van der Waals surface area (Å²) < 4.78 is 14.9. The lowest BCUT2D eigenvalue weighted by Crippen LogP contribution is -2.22. The van der Waals surface area contributed by atoms with Crippen molar-refractivity contribution in [2.24, 2.45) is 0 Å². The van der Waals surface area contributed by atoms with Crippen LogP contribution in [0.5, 0.6) is 11.6 Å². The molecule has 0 spiro atoms. The van der Waals surface area contributed by atoms with Gasteiger partial charge < -0.3 is 14.6 Å². The Kier molecular flexibility index (Phi) is 4.17. The number of hydrogen-bond donors (Lipinski definition) is 1. The first-order valence-corrected chi connectivity index (χ1v) is 7.77. The average molecular weight is 347 g/mol. The molecule has 0 atom stereocenters. The van der Waals surface area contributed by atoms with Gasteiger partial charge in [0.05, 0.1) is 19.4 Å². The average Bonchev–Trinajstić information content (AvgIpc) is 3.05. The fraction of sp³-hybridized carbons (Fsp3) is 0.200. The Balaban J connectivity index is 2.31. The number of nitrogens with zero attached hydrogens (tertiary/aromatic N) is 3. The minimum absolute atomic E-state index is 0.00308. The van der Waals surface area contributed by atoms with Crippen molar-refractivity contribution in [3.8, 4) is 17.3 Å². The van der Waals surface area contributed by atoms with E-state index in [1.807, 2.05) is 0 Å². The summed E-state index contributed by atoms with van der Waals surface area (Å²) in [6, 6.07) is 6.44. The van der Waals surface area contributed by atoms with Gasteiger partial charge in [-0.3, -0.25) is 4.79 Å². The molecule has 1 aromatic carbocycles. The van der Waals surface area contributed by atoms with E-state index in [9.17, 15) is 14.7 Å². The molecule has 0 aliphatic heterocycles. The second kappa shape index (κ2) is 6.28. The number of fused-ring (bicyclic) bond motifs is 1. The molecule has 2 heterocycles. The fourth-order valence-corrected chi connectivity index (χ4v) is 2.95. The van der Waals surface area contributed by atoms with Gasteiger partial charge in [-0.2, -0.15) is 0 Å². The molecule has 124 valence electrons. The van der Waals surface area contributed by atoms with Gasteiger partial charge in [0.15, 0.2) is 5.52 Å². The molecule has 0 amide bonds. The van der Waals surface area contributed by atoms with Gasteiger partial charge in [-0.05, 0) is 42.7 Å². The molecule has 3 aromatic rings. The van der Waals surface area contributed by atoms with Crippen molar-refractivity contribution in [2.75, 3.05) is 13.7 Å². The van der Waals surface area contributed by atoms with Crippen LogP contribution in [0.25, 0.3) is 15.9 Å². The van der Waals surface area contributed by atoms with E-state index in [0.717, 1.165) is 16.1 Å². The molecule has 0 fully saturated rings. The summed E-state index contributed by atoms with van der Waals surface area (Å²) >= 11 is 0.851. The van der Waals surface area contributed by atoms with E-state index < -0.39 is 17.4 Å². The van der Waals surface area contributed by atoms with Crippen molar-refractivity contribution < 1.29 is 19.4 Å². The second-order valence-electron chi connectivity index (χ2n) is 4.71. The molecule has 0 aliphatic rings. The molecule has 0 saturated heterocycles. The van der Waals surface area contributed by atoms with Crippen LogP contribution in [0.4, 0.5) is 0 Å². The molecule has 3 rings (SSSR count). The lowest BCUT2D eigenvalue weighted by atomic mass is 10.2. The number of benzene rings is 1. The van der Waals surface area contributed by atoms with Gasteiger partial charge >= 0.3 is 5.97 Å². The van der Waals surface area contributed by atoms with E-state index in [-0.39, 0.29) is 22.4 Å². The molecular formula is C15H13N3O5S. The lowest BCUT2D eigenvalue weighted by Gasteiger charge is -2.12. The van der Waals surface area contributed by atoms with Crippen LogP contribution < -0.4 is 10.3 Å². The maximum Gasteiger partial charge on any atom is 0.345 e. The molecule has 2 aromatic heterocycles. The van der Waals surface area contributed by atoms with Crippen molar-refractivity contribution in [3.63, 3.8) is 0 Å². The summed E-state index contributed by atoms with van der Waals surface area (Å²) in [5.74, 6) is -0.663. The van der Waals surface area contributed by atoms with Gasteiger partial charge in [-0.15, -0.1) is 5.10 Å². The quantitative estimate of drug-likeness (QED) is 0.717. The van der Waals surface area contributed by atoms with Gasteiger partial charge in [0.1, 0.15) is 16.0 Å². The first-order chi connectivity index (χ1) is 11.6. The van der Waals surface area contributed by atoms with E-state index in [4.69, 9.17) is 9.47 Å². The van der Waals surface area contributed by atoms with Gasteiger partial charge in [-0.1, -0.05) is 4.49 Å². The summed E-state index contributed by atoms with van der Waals surface area (Å²) in [6.07, 6.45) is 0. The molecule has 1 N–H and O–H groups in total. The number of aromatic hydroxyl groups is 1. The summed E-state index contributed by atoms with van der Waals surface area (Å²) in [5.41, 5.74) is -0.345. The molecule has 0 aliphatic carbocycles. The fourth-order valence-electron chi connectivity index (χ4n) is 2.27. The standard InChI is InChI=1S/C15H13N3O5S/c1-3-23-15(21)10-12-11(16-17-24-12)14(20)18(13(10)19)8-4-6-9(22-2)7-5-8/h4-7,19H,3H2,1-2H3. The van der Waals surface area contributed by atoms with Crippen molar-refractivity contribution in [2.45, 2.75) is 6.92 Å². The van der Waals surface area contributed by atoms with Crippen LogP contribution in [0, 0.1) is 0 Å². The smallest absolute Gasteiger partial charge is 0.345 e. The first kappa shape index (κ1) is 15.9.